The summed E-state index contributed by atoms with van der Waals surface area (Å²) in [6.45, 7) is 17.3. The minimum Gasteiger partial charge on any atom is -0.392 e. The molecule has 0 fully saturated rings. The number of imidazole rings is 1. The van der Waals surface area contributed by atoms with E-state index in [1.807, 2.05) is 13.8 Å². The highest BCUT2D eigenvalue weighted by Crippen LogP contribution is 2.55. The summed E-state index contributed by atoms with van der Waals surface area (Å²) < 4.78 is 24.5. The summed E-state index contributed by atoms with van der Waals surface area (Å²) in [6.07, 6.45) is 2.26. The fourth-order valence-corrected chi connectivity index (χ4v) is 11.1. The molecule has 0 bridgehead atoms. The number of para-hydroxylation sites is 1. The summed E-state index contributed by atoms with van der Waals surface area (Å²) >= 11 is 0. The number of nitrogens with zero attached hydrogens (tertiary/aromatic N) is 3. The van der Waals surface area contributed by atoms with Crippen molar-refractivity contribution in [1.29, 1.82) is 0 Å². The molecule has 0 saturated carbocycles. The molecule has 3 aliphatic rings. The minimum atomic E-state index is -1.06. The van der Waals surface area contributed by atoms with Crippen molar-refractivity contribution in [2.45, 2.75) is 73.1 Å². The smallest absolute Gasteiger partial charge is 0.392 e. The van der Waals surface area contributed by atoms with Gasteiger partial charge in [0.15, 0.2) is 23.0 Å². The van der Waals surface area contributed by atoms with Gasteiger partial charge >= 0.3 is 11.7 Å². The van der Waals surface area contributed by atoms with Gasteiger partial charge in [0.05, 0.1) is 5.56 Å². The summed E-state index contributed by atoms with van der Waals surface area (Å²) in [5.41, 5.74) is 24.3. The van der Waals surface area contributed by atoms with Gasteiger partial charge < -0.3 is 4.74 Å². The normalized spacial score (nSPS) is 15.5. The maximum atomic E-state index is 9.21. The van der Waals surface area contributed by atoms with Gasteiger partial charge in [0.1, 0.15) is 16.8 Å². The summed E-state index contributed by atoms with van der Waals surface area (Å²) in [4.78, 5) is 0. The van der Waals surface area contributed by atoms with E-state index in [0.29, 0.717) is 5.92 Å². The predicted octanol–water partition coefficient (Wildman–Crippen LogP) is 13.9. The Hall–Kier alpha value is -7.04. The Bertz CT molecular complexity index is 3460. The zero-order valence-corrected chi connectivity index (χ0v) is 37.3. The maximum absolute atomic E-state index is 9.21. The van der Waals surface area contributed by atoms with Gasteiger partial charge in [-0.05, 0) is 143 Å². The summed E-state index contributed by atoms with van der Waals surface area (Å²) in [6, 6.07) is 53.9. The summed E-state index contributed by atoms with van der Waals surface area (Å²) in [7, 11) is 0. The SMILES string of the molecule is [2H]C(C)(C)c1cccc(C(C)C)c1-c1ccc(-n2c3[n+]4c5c(cccc52)-c2cc(-c5ccccc5)cc5c2C4(Oc2c(C)cc(C)cc2-3)[n+]2ccc(-c3ccc(C)cc3)cc2-5)c(C)c1. The lowest BCUT2D eigenvalue weighted by atomic mass is 9.84. The van der Waals surface area contributed by atoms with Gasteiger partial charge in [0.25, 0.3) is 0 Å². The Balaban J connectivity index is 1.20. The van der Waals surface area contributed by atoms with Crippen molar-refractivity contribution in [2.75, 3.05) is 0 Å². The third-order valence-corrected chi connectivity index (χ3v) is 13.9. The monoisotopic (exact) mass is 818 g/mol. The number of hydrogen-bond acceptors (Lipinski definition) is 1. The first-order valence-electron chi connectivity index (χ1n) is 22.9. The molecular formula is C59H51N3O+2. The molecule has 4 heteroatoms. The van der Waals surface area contributed by atoms with E-state index in [1.165, 1.54) is 61.2 Å². The van der Waals surface area contributed by atoms with Gasteiger partial charge in [0, 0.05) is 24.6 Å². The third-order valence-electron chi connectivity index (χ3n) is 13.9. The van der Waals surface area contributed by atoms with Crippen molar-refractivity contribution < 1.29 is 15.2 Å². The van der Waals surface area contributed by atoms with Gasteiger partial charge in [-0.1, -0.05) is 124 Å². The van der Waals surface area contributed by atoms with Crippen molar-refractivity contribution in [3.63, 3.8) is 0 Å². The van der Waals surface area contributed by atoms with Crippen molar-refractivity contribution in [3.8, 4) is 78.6 Å². The molecule has 9 aromatic rings. The van der Waals surface area contributed by atoms with Crippen LogP contribution in [0, 0.1) is 27.7 Å². The molecule has 0 aliphatic carbocycles. The van der Waals surface area contributed by atoms with E-state index < -0.39 is 11.7 Å². The lowest BCUT2D eigenvalue weighted by Gasteiger charge is -2.33. The number of aromatic nitrogens is 3. The molecule has 3 aliphatic heterocycles. The molecule has 5 heterocycles. The highest BCUT2D eigenvalue weighted by atomic mass is 16.5. The van der Waals surface area contributed by atoms with Crippen molar-refractivity contribution >= 4 is 11.0 Å². The molecule has 0 N–H and O–H groups in total. The molecule has 1 spiro atoms. The van der Waals surface area contributed by atoms with Crippen molar-refractivity contribution in [2.24, 2.45) is 0 Å². The standard InChI is InChI=1S/C59H51N3O/c1-34(2)45-16-12-17-46(35(3)4)54(45)43-24-25-51(38(7)30-43)61-52-19-13-18-47-48-31-44(40-14-10-9-11-15-40)32-49-53-33-42(41-22-20-36(5)21-23-41)26-27-60(53)59(55(48)49)62(56(47)52)58(61)50-29-37(6)28-39(8)57(50)63-59/h9-35H,1-8H3/q+2/i34D. The van der Waals surface area contributed by atoms with Crippen LogP contribution < -0.4 is 13.9 Å². The molecule has 1 atom stereocenters. The minimum absolute atomic E-state index is 0.307. The van der Waals surface area contributed by atoms with Crippen LogP contribution in [0.3, 0.4) is 0 Å². The molecule has 7 aromatic carbocycles. The van der Waals surface area contributed by atoms with Crippen LogP contribution >= 0.6 is 0 Å². The van der Waals surface area contributed by atoms with E-state index in [2.05, 4.69) is 207 Å². The molecule has 2 aromatic heterocycles. The predicted molar refractivity (Wildman–Crippen MR) is 257 cm³/mol. The average molecular weight is 819 g/mol. The number of fused-ring (bicyclic) bond motifs is 5. The Morgan fingerprint density at radius 3 is 2.06 bits per heavy atom. The number of aryl methyl sites for hydroxylation is 4. The number of hydrogen-bond donors (Lipinski definition) is 0. The van der Waals surface area contributed by atoms with Crippen LogP contribution in [0.15, 0.2) is 152 Å². The second-order valence-corrected chi connectivity index (χ2v) is 18.6. The zero-order chi connectivity index (χ0) is 44.0. The van der Waals surface area contributed by atoms with E-state index >= 15 is 0 Å². The molecule has 0 amide bonds. The van der Waals surface area contributed by atoms with Gasteiger partial charge in [-0.3, -0.25) is 0 Å². The molecule has 4 nitrogen and oxygen atoms in total. The molecule has 0 radical (unpaired) electrons. The van der Waals surface area contributed by atoms with Gasteiger partial charge in [-0.25, -0.2) is 0 Å². The van der Waals surface area contributed by atoms with Crippen LogP contribution in [0.5, 0.6) is 5.75 Å². The number of ether oxygens (including phenoxy) is 1. The fourth-order valence-electron chi connectivity index (χ4n) is 11.1. The van der Waals surface area contributed by atoms with Crippen LogP contribution in [0.2, 0.25) is 0 Å². The van der Waals surface area contributed by atoms with Crippen molar-refractivity contribution in [3.05, 3.63) is 191 Å². The van der Waals surface area contributed by atoms with Crippen LogP contribution in [0.25, 0.3) is 83.9 Å². The highest BCUT2D eigenvalue weighted by Gasteiger charge is 2.68. The fraction of sp³-hybridized carbons (Fsp3) is 0.186. The van der Waals surface area contributed by atoms with Gasteiger partial charge in [-0.2, -0.15) is 4.57 Å². The van der Waals surface area contributed by atoms with E-state index in [9.17, 15) is 1.37 Å². The van der Waals surface area contributed by atoms with Crippen molar-refractivity contribution in [1.82, 2.24) is 4.57 Å². The molecule has 1 unspecified atom stereocenters. The number of benzene rings is 7. The molecule has 0 saturated heterocycles. The number of pyridine rings is 1. The van der Waals surface area contributed by atoms with Gasteiger partial charge in [0.2, 0.25) is 5.69 Å². The topological polar surface area (TPSA) is 21.9 Å². The summed E-state index contributed by atoms with van der Waals surface area (Å²) in [5.74, 6) is 0.478. The molecule has 12 rings (SSSR count). The van der Waals surface area contributed by atoms with E-state index in [0.717, 1.165) is 67.4 Å². The van der Waals surface area contributed by atoms with Crippen LogP contribution in [-0.2, 0) is 5.85 Å². The Morgan fingerprint density at radius 1 is 0.571 bits per heavy atom. The molecule has 306 valence electrons. The largest absolute Gasteiger partial charge is 0.499 e. The average Bonchev–Trinajstić information content (AvgIpc) is 3.78. The first-order valence-corrected chi connectivity index (χ1v) is 22.4. The summed E-state index contributed by atoms with van der Waals surface area (Å²) in [5, 5.41) is 0. The molecular weight excluding hydrogens is 767 g/mol. The van der Waals surface area contributed by atoms with E-state index in [4.69, 9.17) is 4.74 Å². The first kappa shape index (κ1) is 36.6. The lowest BCUT2D eigenvalue weighted by molar-refractivity contribution is -0.997. The van der Waals surface area contributed by atoms with Gasteiger partial charge in [-0.15, -0.1) is 9.13 Å². The first-order chi connectivity index (χ1) is 30.8. The Morgan fingerprint density at radius 2 is 1.30 bits per heavy atom. The highest BCUT2D eigenvalue weighted by molar-refractivity contribution is 5.99. The maximum Gasteiger partial charge on any atom is 0.499 e. The Labute approximate surface area is 371 Å². The molecule has 63 heavy (non-hydrogen) atoms. The van der Waals surface area contributed by atoms with E-state index in [-0.39, 0.29) is 0 Å². The lowest BCUT2D eigenvalue weighted by Crippen LogP contribution is -2.78. The third kappa shape index (κ3) is 5.21. The van der Waals surface area contributed by atoms with E-state index in [1.54, 1.807) is 0 Å². The number of rotatable bonds is 6. The van der Waals surface area contributed by atoms with Crippen LogP contribution in [0.4, 0.5) is 0 Å². The second-order valence-electron chi connectivity index (χ2n) is 18.6. The quantitative estimate of drug-likeness (QED) is 0.153. The second kappa shape index (κ2) is 13.5. The zero-order valence-electron chi connectivity index (χ0n) is 38.3. The van der Waals surface area contributed by atoms with Crippen LogP contribution in [0.1, 0.15) is 79.8 Å². The Kier molecular flexibility index (Phi) is 7.83. The van der Waals surface area contributed by atoms with Crippen LogP contribution in [-0.4, -0.2) is 4.57 Å².